The Labute approximate surface area is 158 Å². The summed E-state index contributed by atoms with van der Waals surface area (Å²) in [5, 5.41) is 11.8. The van der Waals surface area contributed by atoms with Crippen molar-refractivity contribution in [1.29, 1.82) is 0 Å². The summed E-state index contributed by atoms with van der Waals surface area (Å²) in [7, 11) is 0. The van der Waals surface area contributed by atoms with Gasteiger partial charge >= 0.3 is 5.63 Å². The van der Waals surface area contributed by atoms with Crippen LogP contribution in [0.25, 0.3) is 16.5 Å². The molecule has 2 aromatic rings. The van der Waals surface area contributed by atoms with Gasteiger partial charge in [-0.1, -0.05) is 6.92 Å². The number of ether oxygens (including phenoxy) is 2. The first kappa shape index (κ1) is 18.1. The molecule has 144 valence electrons. The van der Waals surface area contributed by atoms with Crippen molar-refractivity contribution >= 4 is 16.5 Å². The lowest BCUT2D eigenvalue weighted by Gasteiger charge is -2.40. The summed E-state index contributed by atoms with van der Waals surface area (Å²) >= 11 is 0. The average molecular weight is 370 g/mol. The first-order chi connectivity index (χ1) is 12.5. The summed E-state index contributed by atoms with van der Waals surface area (Å²) in [4.78, 5) is 12.1. The summed E-state index contributed by atoms with van der Waals surface area (Å²) in [6, 6.07) is 1.47. The fraction of sp³-hybridized carbons (Fsp3) is 0.500. The van der Waals surface area contributed by atoms with Crippen molar-refractivity contribution in [2.75, 3.05) is 0 Å². The number of rotatable bonds is 0. The summed E-state index contributed by atoms with van der Waals surface area (Å²) in [6.07, 6.45) is -0.960. The molecule has 0 amide bonds. The van der Waals surface area contributed by atoms with Crippen LogP contribution in [0, 0.1) is 12.8 Å². The van der Waals surface area contributed by atoms with Crippen LogP contribution < -0.4 is 15.1 Å². The van der Waals surface area contributed by atoms with Gasteiger partial charge in [-0.2, -0.15) is 0 Å². The molecule has 0 saturated heterocycles. The van der Waals surface area contributed by atoms with Crippen LogP contribution in [0.3, 0.4) is 0 Å². The Hall–Kier alpha value is -2.27. The van der Waals surface area contributed by atoms with Gasteiger partial charge in [-0.3, -0.25) is 0 Å². The van der Waals surface area contributed by atoms with E-state index >= 15 is 0 Å². The third-order valence-corrected chi connectivity index (χ3v) is 6.36. The Morgan fingerprint density at radius 3 is 2.44 bits per heavy atom. The summed E-state index contributed by atoms with van der Waals surface area (Å²) in [6.45, 7) is 13.9. The van der Waals surface area contributed by atoms with Crippen LogP contribution >= 0.6 is 0 Å². The lowest BCUT2D eigenvalue weighted by molar-refractivity contribution is 0.0171. The third-order valence-electron chi connectivity index (χ3n) is 6.36. The van der Waals surface area contributed by atoms with E-state index in [4.69, 9.17) is 13.9 Å². The molecule has 4 rings (SSSR count). The monoisotopic (exact) mass is 370 g/mol. The van der Waals surface area contributed by atoms with Crippen molar-refractivity contribution < 1.29 is 19.0 Å². The Bertz CT molecular complexity index is 1060. The molecule has 0 saturated carbocycles. The fourth-order valence-electron chi connectivity index (χ4n) is 4.16. The zero-order valence-corrected chi connectivity index (χ0v) is 16.9. The van der Waals surface area contributed by atoms with Gasteiger partial charge in [-0.15, -0.1) is 0 Å². The van der Waals surface area contributed by atoms with Gasteiger partial charge in [-0.05, 0) is 58.3 Å². The van der Waals surface area contributed by atoms with Crippen molar-refractivity contribution in [2.24, 2.45) is 5.92 Å². The molecular weight excluding hydrogens is 344 g/mol. The first-order valence-corrected chi connectivity index (χ1v) is 9.41. The van der Waals surface area contributed by atoms with Gasteiger partial charge in [0.25, 0.3) is 0 Å². The molecular formula is C22H26O5. The molecule has 0 fully saturated rings. The van der Waals surface area contributed by atoms with Crippen LogP contribution in [-0.2, 0) is 0 Å². The van der Waals surface area contributed by atoms with E-state index < -0.39 is 17.3 Å². The van der Waals surface area contributed by atoms with Crippen LogP contribution in [0.1, 0.15) is 64.3 Å². The molecule has 3 heterocycles. The van der Waals surface area contributed by atoms with E-state index in [0.29, 0.717) is 22.6 Å². The van der Waals surface area contributed by atoms with Gasteiger partial charge in [0.05, 0.1) is 22.6 Å². The number of allylic oxidation sites excluding steroid dienone is 1. The largest absolute Gasteiger partial charge is 0.489 e. The highest BCUT2D eigenvalue weighted by Crippen LogP contribution is 2.55. The summed E-state index contributed by atoms with van der Waals surface area (Å²) in [5.74, 6) is 1.10. The van der Waals surface area contributed by atoms with Crippen molar-refractivity contribution in [1.82, 2.24) is 0 Å². The standard InChI is InChI=1S/C22H26O5/c1-9-8-14(23)26-19-15(9)21-16(10(2)12(4)22(6,7)27-21)20-17(19)18(24)11(3)13(5)25-20/h8,11,13,18,24H,1-7H3/t11?,13-,18?/m1/s1. The molecule has 0 radical (unpaired) electrons. The zero-order chi connectivity index (χ0) is 19.8. The maximum absolute atomic E-state index is 12.1. The van der Waals surface area contributed by atoms with Gasteiger partial charge in [0.2, 0.25) is 0 Å². The maximum atomic E-state index is 12.1. The average Bonchev–Trinajstić information content (AvgIpc) is 2.56. The SMILES string of the molecule is CC1=C(C)C(C)(C)Oc2c1c1c(c3oc(=O)cc(C)c23)C(O)C(C)[C@@H](C)O1. The number of hydrogen-bond acceptors (Lipinski definition) is 5. The lowest BCUT2D eigenvalue weighted by Crippen LogP contribution is -2.36. The molecule has 1 aromatic carbocycles. The molecule has 2 aliphatic rings. The smallest absolute Gasteiger partial charge is 0.336 e. The molecule has 2 aliphatic heterocycles. The number of hydrogen-bond donors (Lipinski definition) is 1. The second kappa shape index (κ2) is 5.61. The van der Waals surface area contributed by atoms with Crippen LogP contribution in [0.15, 0.2) is 20.9 Å². The predicted molar refractivity (Wildman–Crippen MR) is 104 cm³/mol. The highest BCUT2D eigenvalue weighted by atomic mass is 16.5. The van der Waals surface area contributed by atoms with Gasteiger partial charge in [0, 0.05) is 12.0 Å². The number of fused-ring (bicyclic) bond motifs is 6. The van der Waals surface area contributed by atoms with E-state index in [1.54, 1.807) is 0 Å². The number of aliphatic hydroxyl groups is 1. The zero-order valence-electron chi connectivity index (χ0n) is 16.9. The van der Waals surface area contributed by atoms with Crippen molar-refractivity contribution in [3.63, 3.8) is 0 Å². The quantitative estimate of drug-likeness (QED) is 0.691. The van der Waals surface area contributed by atoms with Gasteiger partial charge in [0.15, 0.2) is 5.58 Å². The molecule has 0 spiro atoms. The van der Waals surface area contributed by atoms with E-state index in [9.17, 15) is 9.90 Å². The lowest BCUT2D eigenvalue weighted by atomic mass is 9.81. The number of benzene rings is 1. The highest BCUT2D eigenvalue weighted by molar-refractivity contribution is 5.99. The van der Waals surface area contributed by atoms with E-state index in [1.165, 1.54) is 6.07 Å². The maximum Gasteiger partial charge on any atom is 0.336 e. The topological polar surface area (TPSA) is 68.9 Å². The van der Waals surface area contributed by atoms with Crippen molar-refractivity contribution in [2.45, 2.75) is 66.3 Å². The third kappa shape index (κ3) is 2.37. The Balaban J connectivity index is 2.24. The second-order valence-electron chi connectivity index (χ2n) is 8.39. The molecule has 5 heteroatoms. The Morgan fingerprint density at radius 2 is 1.78 bits per heavy atom. The van der Waals surface area contributed by atoms with E-state index in [2.05, 4.69) is 13.8 Å². The second-order valence-corrected chi connectivity index (χ2v) is 8.39. The fourth-order valence-corrected chi connectivity index (χ4v) is 4.16. The molecule has 1 aromatic heterocycles. The van der Waals surface area contributed by atoms with E-state index in [-0.39, 0.29) is 12.0 Å². The molecule has 27 heavy (non-hydrogen) atoms. The molecule has 1 N–H and O–H groups in total. The molecule has 0 aliphatic carbocycles. The molecule has 5 nitrogen and oxygen atoms in total. The molecule has 2 unspecified atom stereocenters. The van der Waals surface area contributed by atoms with Gasteiger partial charge in [-0.25, -0.2) is 4.79 Å². The molecule has 0 bridgehead atoms. The first-order valence-electron chi connectivity index (χ1n) is 9.41. The summed E-state index contributed by atoms with van der Waals surface area (Å²) < 4.78 is 18.3. The van der Waals surface area contributed by atoms with E-state index in [1.807, 2.05) is 34.6 Å². The minimum Gasteiger partial charge on any atom is -0.489 e. The minimum absolute atomic E-state index is 0.129. The predicted octanol–water partition coefficient (Wildman–Crippen LogP) is 4.52. The highest BCUT2D eigenvalue weighted by Gasteiger charge is 2.42. The number of aliphatic hydroxyl groups excluding tert-OH is 1. The van der Waals surface area contributed by atoms with Crippen molar-refractivity contribution in [3.8, 4) is 11.5 Å². The van der Waals surface area contributed by atoms with Crippen LogP contribution in [-0.4, -0.2) is 16.8 Å². The van der Waals surface area contributed by atoms with Gasteiger partial charge in [0.1, 0.15) is 23.2 Å². The summed E-state index contributed by atoms with van der Waals surface area (Å²) in [5.41, 5.74) is 3.77. The minimum atomic E-state index is -0.787. The van der Waals surface area contributed by atoms with Crippen molar-refractivity contribution in [3.05, 3.63) is 38.7 Å². The normalized spacial score (nSPS) is 26.3. The van der Waals surface area contributed by atoms with Gasteiger partial charge < -0.3 is 19.0 Å². The van der Waals surface area contributed by atoms with Crippen LogP contribution in [0.2, 0.25) is 0 Å². The number of aryl methyl sites for hydroxylation is 1. The van der Waals surface area contributed by atoms with Crippen LogP contribution in [0.4, 0.5) is 0 Å². The molecule has 3 atom stereocenters. The Morgan fingerprint density at radius 1 is 1.11 bits per heavy atom. The van der Waals surface area contributed by atoms with E-state index in [0.717, 1.165) is 27.7 Å². The Kier molecular flexibility index (Phi) is 3.77. The van der Waals surface area contributed by atoms with Crippen LogP contribution in [0.5, 0.6) is 11.5 Å².